The van der Waals surface area contributed by atoms with Gasteiger partial charge in [0.15, 0.2) is 5.78 Å². The number of aromatic amines is 1. The third-order valence-corrected chi connectivity index (χ3v) is 6.96. The van der Waals surface area contributed by atoms with E-state index in [0.717, 1.165) is 0 Å². The van der Waals surface area contributed by atoms with Crippen LogP contribution in [0.4, 0.5) is 11.4 Å². The van der Waals surface area contributed by atoms with E-state index in [1.165, 1.54) is 0 Å². The highest BCUT2D eigenvalue weighted by molar-refractivity contribution is 6.36. The first-order chi connectivity index (χ1) is 16.9. The maximum atomic E-state index is 13.6. The standard InChI is InChI=1S/C26H21ClN4O4/c27-19-10-16(35-15-4-2-1-3-5-15)6-7-17(19)23(33)18-12-28-24-21(18)22-20(13-29-24)30-25(34)26(31-22)9-8-14(32)11-26/h1-7,10,12-14,31-32H,8-9,11H2,(H,28,29)(H,30,34)/t14-,26-/m0/s1. The molecule has 2 aromatic carbocycles. The van der Waals surface area contributed by atoms with Gasteiger partial charge < -0.3 is 25.5 Å². The summed E-state index contributed by atoms with van der Waals surface area (Å²) in [7, 11) is 0. The number of H-pyrrole nitrogens is 1. The van der Waals surface area contributed by atoms with Crippen molar-refractivity contribution in [3.63, 3.8) is 0 Å². The minimum absolute atomic E-state index is 0.205. The number of para-hydroxylation sites is 1. The molecule has 4 N–H and O–H groups in total. The number of aromatic nitrogens is 2. The fourth-order valence-corrected chi connectivity index (χ4v) is 5.15. The highest BCUT2D eigenvalue weighted by atomic mass is 35.5. The van der Waals surface area contributed by atoms with E-state index >= 15 is 0 Å². The van der Waals surface area contributed by atoms with Gasteiger partial charge in [-0.05, 0) is 37.1 Å². The summed E-state index contributed by atoms with van der Waals surface area (Å²) in [6, 6.07) is 14.2. The van der Waals surface area contributed by atoms with Crippen molar-refractivity contribution >= 4 is 45.7 Å². The van der Waals surface area contributed by atoms with E-state index < -0.39 is 11.6 Å². The molecular formula is C26H21ClN4O4. The molecule has 1 fully saturated rings. The first-order valence-electron chi connectivity index (χ1n) is 11.3. The molecule has 0 saturated heterocycles. The van der Waals surface area contributed by atoms with Crippen LogP contribution in [0.2, 0.25) is 5.02 Å². The summed E-state index contributed by atoms with van der Waals surface area (Å²) in [5.74, 6) is 0.683. The Kier molecular flexibility index (Phi) is 5.01. The molecule has 2 atom stereocenters. The fourth-order valence-electron chi connectivity index (χ4n) is 4.89. The minimum Gasteiger partial charge on any atom is -0.457 e. The zero-order valence-electron chi connectivity index (χ0n) is 18.5. The summed E-state index contributed by atoms with van der Waals surface area (Å²) < 4.78 is 5.82. The maximum Gasteiger partial charge on any atom is 0.250 e. The van der Waals surface area contributed by atoms with Gasteiger partial charge in [-0.1, -0.05) is 29.8 Å². The van der Waals surface area contributed by atoms with Gasteiger partial charge in [0, 0.05) is 24.2 Å². The summed E-state index contributed by atoms with van der Waals surface area (Å²) in [6.07, 6.45) is 3.90. The molecule has 1 aliphatic carbocycles. The van der Waals surface area contributed by atoms with Gasteiger partial charge in [-0.15, -0.1) is 0 Å². The molecule has 0 unspecified atom stereocenters. The Morgan fingerprint density at radius 1 is 1.14 bits per heavy atom. The molecule has 6 rings (SSSR count). The van der Waals surface area contributed by atoms with Crippen molar-refractivity contribution in [3.05, 3.63) is 77.1 Å². The summed E-state index contributed by atoms with van der Waals surface area (Å²) in [5.41, 5.74) is 1.36. The van der Waals surface area contributed by atoms with Crippen LogP contribution in [0.3, 0.4) is 0 Å². The van der Waals surface area contributed by atoms with Crippen LogP contribution in [0.25, 0.3) is 11.0 Å². The van der Waals surface area contributed by atoms with Gasteiger partial charge in [-0.25, -0.2) is 4.98 Å². The summed E-state index contributed by atoms with van der Waals surface area (Å²) in [4.78, 5) is 33.9. The predicted molar refractivity (Wildman–Crippen MR) is 132 cm³/mol. The largest absolute Gasteiger partial charge is 0.457 e. The molecule has 35 heavy (non-hydrogen) atoms. The van der Waals surface area contributed by atoms with Crippen LogP contribution < -0.4 is 15.4 Å². The second kappa shape index (κ2) is 8.11. The number of ketones is 1. The van der Waals surface area contributed by atoms with Gasteiger partial charge in [0.2, 0.25) is 5.91 Å². The van der Waals surface area contributed by atoms with Gasteiger partial charge in [0.05, 0.1) is 39.6 Å². The Morgan fingerprint density at radius 3 is 2.71 bits per heavy atom. The minimum atomic E-state index is -0.924. The second-order valence-electron chi connectivity index (χ2n) is 8.92. The van der Waals surface area contributed by atoms with E-state index in [1.54, 1.807) is 30.6 Å². The first kappa shape index (κ1) is 21.6. The molecular weight excluding hydrogens is 468 g/mol. The number of hydrogen-bond acceptors (Lipinski definition) is 6. The van der Waals surface area contributed by atoms with Crippen molar-refractivity contribution in [1.29, 1.82) is 0 Å². The Labute approximate surface area is 205 Å². The van der Waals surface area contributed by atoms with E-state index in [1.807, 2.05) is 30.3 Å². The van der Waals surface area contributed by atoms with Crippen LogP contribution in [-0.2, 0) is 4.79 Å². The zero-order valence-corrected chi connectivity index (χ0v) is 19.2. The van der Waals surface area contributed by atoms with Crippen molar-refractivity contribution in [2.45, 2.75) is 30.9 Å². The fraction of sp³-hybridized carbons (Fsp3) is 0.192. The normalized spacial score (nSPS) is 21.0. The van der Waals surface area contributed by atoms with E-state index in [-0.39, 0.29) is 16.7 Å². The van der Waals surface area contributed by atoms with Crippen LogP contribution >= 0.6 is 11.6 Å². The molecule has 1 spiro atoms. The molecule has 0 bridgehead atoms. The molecule has 1 amide bonds. The molecule has 1 aliphatic heterocycles. The number of fused-ring (bicyclic) bond motifs is 3. The Balaban J connectivity index is 1.37. The Bertz CT molecular complexity index is 1490. The molecule has 2 aliphatic rings. The number of carbonyl (C=O) groups excluding carboxylic acids is 2. The van der Waals surface area contributed by atoms with Crippen molar-refractivity contribution < 1.29 is 19.4 Å². The van der Waals surface area contributed by atoms with E-state index in [2.05, 4.69) is 20.6 Å². The quantitative estimate of drug-likeness (QED) is 0.304. The molecule has 4 aromatic rings. The number of benzene rings is 2. The van der Waals surface area contributed by atoms with E-state index in [9.17, 15) is 14.7 Å². The van der Waals surface area contributed by atoms with E-state index in [0.29, 0.717) is 64.3 Å². The van der Waals surface area contributed by atoms with Crippen LogP contribution in [0.15, 0.2) is 60.9 Å². The van der Waals surface area contributed by atoms with Gasteiger partial charge in [-0.3, -0.25) is 9.59 Å². The number of pyridine rings is 1. The van der Waals surface area contributed by atoms with Crippen molar-refractivity contribution in [3.8, 4) is 11.5 Å². The monoisotopic (exact) mass is 488 g/mol. The maximum absolute atomic E-state index is 13.6. The number of rotatable bonds is 4. The molecule has 3 heterocycles. The van der Waals surface area contributed by atoms with Gasteiger partial charge in [0.25, 0.3) is 0 Å². The lowest BCUT2D eigenvalue weighted by atomic mass is 9.92. The number of carbonyl (C=O) groups is 2. The van der Waals surface area contributed by atoms with Crippen molar-refractivity contribution in [2.75, 3.05) is 10.6 Å². The van der Waals surface area contributed by atoms with Crippen LogP contribution in [0.5, 0.6) is 11.5 Å². The smallest absolute Gasteiger partial charge is 0.250 e. The average Bonchev–Trinajstić information content (AvgIpc) is 3.45. The second-order valence-corrected chi connectivity index (χ2v) is 9.32. The summed E-state index contributed by atoms with van der Waals surface area (Å²) in [5, 5.41) is 17.2. The van der Waals surface area contributed by atoms with Crippen LogP contribution in [0.1, 0.15) is 35.2 Å². The Morgan fingerprint density at radius 2 is 1.97 bits per heavy atom. The number of anilines is 2. The molecule has 176 valence electrons. The topological polar surface area (TPSA) is 116 Å². The molecule has 1 saturated carbocycles. The SMILES string of the molecule is O=C(c1ccc(Oc2ccccc2)cc1Cl)c1c[nH]c2ncc3c(c12)N[C@]1(CC[C@H](O)C1)C(=O)N3. The zero-order chi connectivity index (χ0) is 24.2. The number of hydrogen-bond donors (Lipinski definition) is 4. The lowest BCUT2D eigenvalue weighted by Gasteiger charge is -2.36. The third-order valence-electron chi connectivity index (χ3n) is 6.65. The number of nitrogens with zero attached hydrogens (tertiary/aromatic N) is 1. The molecule has 9 heteroatoms. The number of halogens is 1. The highest BCUT2D eigenvalue weighted by Crippen LogP contribution is 2.44. The number of aliphatic hydroxyl groups excluding tert-OH is 1. The first-order valence-corrected chi connectivity index (χ1v) is 11.7. The lowest BCUT2D eigenvalue weighted by molar-refractivity contribution is -0.120. The number of ether oxygens (including phenoxy) is 1. The number of nitrogens with one attached hydrogen (secondary N) is 3. The summed E-state index contributed by atoms with van der Waals surface area (Å²) in [6.45, 7) is 0. The van der Waals surface area contributed by atoms with E-state index in [4.69, 9.17) is 16.3 Å². The van der Waals surface area contributed by atoms with Crippen LogP contribution in [0, 0.1) is 0 Å². The van der Waals surface area contributed by atoms with Crippen LogP contribution in [-0.4, -0.2) is 38.4 Å². The highest BCUT2D eigenvalue weighted by Gasteiger charge is 2.48. The number of amides is 1. The molecule has 2 aromatic heterocycles. The lowest BCUT2D eigenvalue weighted by Crippen LogP contribution is -2.51. The summed E-state index contributed by atoms with van der Waals surface area (Å²) >= 11 is 6.51. The Hall–Kier alpha value is -3.88. The number of aliphatic hydroxyl groups is 1. The van der Waals surface area contributed by atoms with Crippen molar-refractivity contribution in [2.24, 2.45) is 0 Å². The van der Waals surface area contributed by atoms with Gasteiger partial charge in [0.1, 0.15) is 22.7 Å². The molecule has 0 radical (unpaired) electrons. The predicted octanol–water partition coefficient (Wildman–Crippen LogP) is 4.89. The van der Waals surface area contributed by atoms with Gasteiger partial charge >= 0.3 is 0 Å². The van der Waals surface area contributed by atoms with Gasteiger partial charge in [-0.2, -0.15) is 0 Å². The average molecular weight is 489 g/mol. The van der Waals surface area contributed by atoms with Crippen molar-refractivity contribution in [1.82, 2.24) is 9.97 Å². The molecule has 8 nitrogen and oxygen atoms in total. The third kappa shape index (κ3) is 3.62.